The average molecular weight is 364 g/mol. The van der Waals surface area contributed by atoms with Crippen LogP contribution in [-0.2, 0) is 0 Å². The quantitative estimate of drug-likeness (QED) is 0.334. The first-order chi connectivity index (χ1) is 8.04. The number of benzene rings is 1. The molecule has 94 valence electrons. The smallest absolute Gasteiger partial charge is 0.210 e. The third kappa shape index (κ3) is 4.65. The highest BCUT2D eigenvalue weighted by Crippen LogP contribution is 2.30. The molecule has 1 aromatic carbocycles. The van der Waals surface area contributed by atoms with Crippen molar-refractivity contribution in [3.8, 4) is 0 Å². The van der Waals surface area contributed by atoms with Gasteiger partial charge < -0.3 is 5.32 Å². The maximum atomic E-state index is 5.43. The van der Waals surface area contributed by atoms with E-state index in [1.165, 1.54) is 0 Å². The zero-order valence-corrected chi connectivity index (χ0v) is 13.0. The van der Waals surface area contributed by atoms with E-state index in [4.69, 9.17) is 5.84 Å². The SMILES string of the molecule is CC(C)CN=C(NN)Nc1c(Br)cccc1Br. The molecule has 0 radical (unpaired) electrons. The van der Waals surface area contributed by atoms with Crippen molar-refractivity contribution in [2.24, 2.45) is 16.8 Å². The van der Waals surface area contributed by atoms with E-state index in [1.54, 1.807) is 0 Å². The first-order valence-electron chi connectivity index (χ1n) is 5.26. The van der Waals surface area contributed by atoms with E-state index in [9.17, 15) is 0 Å². The Morgan fingerprint density at radius 2 is 1.94 bits per heavy atom. The summed E-state index contributed by atoms with van der Waals surface area (Å²) >= 11 is 6.94. The highest BCUT2D eigenvalue weighted by molar-refractivity contribution is 9.11. The van der Waals surface area contributed by atoms with E-state index in [1.807, 2.05) is 18.2 Å². The van der Waals surface area contributed by atoms with Crippen molar-refractivity contribution >= 4 is 43.5 Å². The van der Waals surface area contributed by atoms with Gasteiger partial charge in [0.05, 0.1) is 5.69 Å². The molecule has 4 nitrogen and oxygen atoms in total. The number of halogens is 2. The van der Waals surface area contributed by atoms with Crippen LogP contribution in [0.3, 0.4) is 0 Å². The average Bonchev–Trinajstić information content (AvgIpc) is 2.27. The molecule has 0 unspecified atom stereocenters. The molecule has 0 aliphatic rings. The molecule has 1 aromatic rings. The van der Waals surface area contributed by atoms with Gasteiger partial charge in [-0.1, -0.05) is 19.9 Å². The Morgan fingerprint density at radius 1 is 1.35 bits per heavy atom. The molecule has 0 heterocycles. The van der Waals surface area contributed by atoms with Crippen molar-refractivity contribution in [3.63, 3.8) is 0 Å². The van der Waals surface area contributed by atoms with Crippen LogP contribution < -0.4 is 16.6 Å². The monoisotopic (exact) mass is 362 g/mol. The van der Waals surface area contributed by atoms with Crippen LogP contribution in [0.1, 0.15) is 13.8 Å². The predicted molar refractivity (Wildman–Crippen MR) is 79.9 cm³/mol. The summed E-state index contributed by atoms with van der Waals surface area (Å²) in [4.78, 5) is 4.35. The molecule has 0 aliphatic carbocycles. The molecule has 0 bridgehead atoms. The van der Waals surface area contributed by atoms with Crippen LogP contribution in [0.2, 0.25) is 0 Å². The lowest BCUT2D eigenvalue weighted by molar-refractivity contribution is 0.663. The molecule has 1 rings (SSSR count). The van der Waals surface area contributed by atoms with Gasteiger partial charge >= 0.3 is 0 Å². The van der Waals surface area contributed by atoms with Gasteiger partial charge in [0.2, 0.25) is 5.96 Å². The van der Waals surface area contributed by atoms with E-state index in [-0.39, 0.29) is 0 Å². The summed E-state index contributed by atoms with van der Waals surface area (Å²) < 4.78 is 1.89. The second-order valence-corrected chi connectivity index (χ2v) is 5.66. The van der Waals surface area contributed by atoms with Crippen molar-refractivity contribution in [2.75, 3.05) is 11.9 Å². The van der Waals surface area contributed by atoms with Gasteiger partial charge in [0.25, 0.3) is 0 Å². The van der Waals surface area contributed by atoms with E-state index in [2.05, 4.69) is 61.4 Å². The maximum Gasteiger partial charge on any atom is 0.210 e. The molecular weight excluding hydrogens is 348 g/mol. The molecular formula is C11H16Br2N4. The van der Waals surface area contributed by atoms with E-state index >= 15 is 0 Å². The molecule has 0 saturated heterocycles. The van der Waals surface area contributed by atoms with Gasteiger partial charge in [0, 0.05) is 15.5 Å². The topological polar surface area (TPSA) is 62.4 Å². The second-order valence-electron chi connectivity index (χ2n) is 3.95. The first kappa shape index (κ1) is 14.5. The van der Waals surface area contributed by atoms with Crippen molar-refractivity contribution in [1.29, 1.82) is 0 Å². The maximum absolute atomic E-state index is 5.43. The van der Waals surface area contributed by atoms with Gasteiger partial charge in [-0.2, -0.15) is 0 Å². The molecule has 0 spiro atoms. The minimum atomic E-state index is 0.489. The molecule has 17 heavy (non-hydrogen) atoms. The number of nitrogens with one attached hydrogen (secondary N) is 2. The highest BCUT2D eigenvalue weighted by Gasteiger charge is 2.06. The molecule has 0 saturated carbocycles. The van der Waals surface area contributed by atoms with Crippen molar-refractivity contribution in [2.45, 2.75) is 13.8 Å². The summed E-state index contributed by atoms with van der Waals surface area (Å²) in [7, 11) is 0. The Balaban J connectivity index is 2.84. The van der Waals surface area contributed by atoms with Gasteiger partial charge in [-0.05, 0) is 49.9 Å². The summed E-state index contributed by atoms with van der Waals surface area (Å²) in [6.07, 6.45) is 0. The van der Waals surface area contributed by atoms with Crippen LogP contribution in [0, 0.1) is 5.92 Å². The van der Waals surface area contributed by atoms with Crippen molar-refractivity contribution in [1.82, 2.24) is 5.43 Å². The molecule has 4 N–H and O–H groups in total. The Bertz CT molecular complexity index is 384. The predicted octanol–water partition coefficient (Wildman–Crippen LogP) is 3.10. The molecule has 6 heteroatoms. The molecule has 0 aromatic heterocycles. The number of hydrogen-bond acceptors (Lipinski definition) is 2. The van der Waals surface area contributed by atoms with Gasteiger partial charge in [0.1, 0.15) is 0 Å². The number of para-hydroxylation sites is 1. The highest BCUT2D eigenvalue weighted by atomic mass is 79.9. The number of hydrazine groups is 1. The lowest BCUT2D eigenvalue weighted by Crippen LogP contribution is -2.36. The zero-order chi connectivity index (χ0) is 12.8. The summed E-state index contributed by atoms with van der Waals surface area (Å²) in [5, 5.41) is 3.14. The fraction of sp³-hybridized carbons (Fsp3) is 0.364. The van der Waals surface area contributed by atoms with Crippen molar-refractivity contribution < 1.29 is 0 Å². The fourth-order valence-electron chi connectivity index (χ4n) is 1.13. The van der Waals surface area contributed by atoms with E-state index in [0.29, 0.717) is 18.4 Å². The van der Waals surface area contributed by atoms with Crippen LogP contribution >= 0.6 is 31.9 Å². The summed E-state index contributed by atoms with van der Waals surface area (Å²) in [6.45, 7) is 4.92. The van der Waals surface area contributed by atoms with Gasteiger partial charge in [0.15, 0.2) is 0 Å². The normalized spacial score (nSPS) is 11.8. The number of nitrogens with zero attached hydrogens (tertiary/aromatic N) is 1. The molecule has 0 aliphatic heterocycles. The Kier molecular flexibility index (Phi) is 5.94. The van der Waals surface area contributed by atoms with Gasteiger partial charge in [-0.25, -0.2) is 5.84 Å². The Labute approximate surface area is 118 Å². The van der Waals surface area contributed by atoms with Gasteiger partial charge in [-0.3, -0.25) is 10.4 Å². The number of nitrogens with two attached hydrogens (primary N) is 1. The molecule has 0 atom stereocenters. The van der Waals surface area contributed by atoms with Crippen LogP contribution in [0.5, 0.6) is 0 Å². The Morgan fingerprint density at radius 3 is 2.41 bits per heavy atom. The van der Waals surface area contributed by atoms with Crippen molar-refractivity contribution in [3.05, 3.63) is 27.1 Å². The van der Waals surface area contributed by atoms with Crippen LogP contribution in [-0.4, -0.2) is 12.5 Å². The number of guanidine groups is 1. The first-order valence-corrected chi connectivity index (χ1v) is 6.85. The number of hydrogen-bond donors (Lipinski definition) is 3. The number of anilines is 1. The fourth-order valence-corrected chi connectivity index (χ4v) is 2.33. The summed E-state index contributed by atoms with van der Waals surface area (Å²) in [5.41, 5.74) is 3.45. The standard InChI is InChI=1S/C11H16Br2N4/c1-7(2)6-15-11(17-14)16-10-8(12)4-3-5-9(10)13/h3-5,7H,6,14H2,1-2H3,(H2,15,16,17). The van der Waals surface area contributed by atoms with E-state index in [0.717, 1.165) is 14.6 Å². The molecule has 0 amide bonds. The van der Waals surface area contributed by atoms with Crippen LogP contribution in [0.4, 0.5) is 5.69 Å². The number of aliphatic imine (C=N–C) groups is 1. The minimum absolute atomic E-state index is 0.489. The lowest BCUT2D eigenvalue weighted by atomic mass is 10.2. The van der Waals surface area contributed by atoms with Crippen LogP contribution in [0.25, 0.3) is 0 Å². The Hall–Kier alpha value is -0.590. The van der Waals surface area contributed by atoms with Gasteiger partial charge in [-0.15, -0.1) is 0 Å². The molecule has 0 fully saturated rings. The second kappa shape index (κ2) is 6.98. The largest absolute Gasteiger partial charge is 0.323 e. The minimum Gasteiger partial charge on any atom is -0.323 e. The summed E-state index contributed by atoms with van der Waals surface area (Å²) in [6, 6.07) is 5.84. The number of rotatable bonds is 3. The summed E-state index contributed by atoms with van der Waals surface area (Å²) in [5.74, 6) is 6.47. The van der Waals surface area contributed by atoms with Crippen LogP contribution in [0.15, 0.2) is 32.1 Å². The lowest BCUT2D eigenvalue weighted by Gasteiger charge is -2.13. The third-order valence-electron chi connectivity index (χ3n) is 1.96. The van der Waals surface area contributed by atoms with E-state index < -0.39 is 0 Å². The zero-order valence-electron chi connectivity index (χ0n) is 9.80. The third-order valence-corrected chi connectivity index (χ3v) is 3.28.